The third-order valence-electron chi connectivity index (χ3n) is 8.62. The van der Waals surface area contributed by atoms with E-state index in [0.29, 0.717) is 41.3 Å². The minimum Gasteiger partial charge on any atom is -0.497 e. The van der Waals surface area contributed by atoms with Crippen LogP contribution in [0.2, 0.25) is 0 Å². The summed E-state index contributed by atoms with van der Waals surface area (Å²) in [7, 11) is 1.63. The van der Waals surface area contributed by atoms with E-state index in [1.807, 2.05) is 79.1 Å². The van der Waals surface area contributed by atoms with E-state index in [1.165, 1.54) is 0 Å². The van der Waals surface area contributed by atoms with Crippen molar-refractivity contribution in [2.75, 3.05) is 7.11 Å². The largest absolute Gasteiger partial charge is 0.497 e. The van der Waals surface area contributed by atoms with Gasteiger partial charge in [-0.15, -0.1) is 0 Å². The van der Waals surface area contributed by atoms with Crippen molar-refractivity contribution in [2.24, 2.45) is 0 Å². The summed E-state index contributed by atoms with van der Waals surface area (Å²) in [5, 5.41) is 13.2. The van der Waals surface area contributed by atoms with Crippen molar-refractivity contribution in [3.05, 3.63) is 122 Å². The van der Waals surface area contributed by atoms with E-state index in [0.717, 1.165) is 40.9 Å². The molecule has 2 aliphatic heterocycles. The molecule has 6 nitrogen and oxygen atoms in total. The Hall–Kier alpha value is -3.90. The third kappa shape index (κ3) is 2.81. The monoisotopic (exact) mass is 506 g/mol. The van der Waals surface area contributed by atoms with Crippen LogP contribution in [0.15, 0.2) is 71.5 Å². The lowest BCUT2D eigenvalue weighted by atomic mass is 9.69. The van der Waals surface area contributed by atoms with E-state index in [-0.39, 0.29) is 5.56 Å². The zero-order valence-corrected chi connectivity index (χ0v) is 21.8. The van der Waals surface area contributed by atoms with E-state index < -0.39 is 17.1 Å². The molecule has 0 amide bonds. The normalized spacial score (nSPS) is 24.7. The number of hydrogen-bond acceptors (Lipinski definition) is 5. The molecule has 3 aromatic carbocycles. The van der Waals surface area contributed by atoms with Gasteiger partial charge in [-0.3, -0.25) is 9.36 Å². The Morgan fingerprint density at radius 3 is 2.55 bits per heavy atom. The van der Waals surface area contributed by atoms with Gasteiger partial charge >= 0.3 is 0 Å². The molecule has 0 fully saturated rings. The van der Waals surface area contributed by atoms with Gasteiger partial charge in [0.15, 0.2) is 11.2 Å². The number of aliphatic hydroxyl groups is 1. The summed E-state index contributed by atoms with van der Waals surface area (Å²) < 4.78 is 14.3. The van der Waals surface area contributed by atoms with Crippen molar-refractivity contribution in [1.82, 2.24) is 9.55 Å². The molecular weight excluding hydrogens is 476 g/mol. The molecule has 0 bridgehead atoms. The first-order chi connectivity index (χ1) is 18.4. The topological polar surface area (TPSA) is 73.6 Å². The molecule has 1 N–H and O–H groups in total. The molecular formula is C32H30N2O4. The van der Waals surface area contributed by atoms with Gasteiger partial charge in [-0.25, -0.2) is 4.98 Å². The molecule has 4 aromatic rings. The Morgan fingerprint density at radius 1 is 1.05 bits per heavy atom. The van der Waals surface area contributed by atoms with Gasteiger partial charge in [0.1, 0.15) is 17.3 Å². The molecule has 6 heteroatoms. The minimum absolute atomic E-state index is 0.0795. The first-order valence-electron chi connectivity index (χ1n) is 13.3. The van der Waals surface area contributed by atoms with Crippen LogP contribution >= 0.6 is 0 Å². The van der Waals surface area contributed by atoms with Crippen molar-refractivity contribution in [2.45, 2.75) is 56.8 Å². The van der Waals surface area contributed by atoms with E-state index >= 15 is 0 Å². The fourth-order valence-electron chi connectivity index (χ4n) is 7.12. The van der Waals surface area contributed by atoms with Crippen LogP contribution in [-0.2, 0) is 24.2 Å². The van der Waals surface area contributed by atoms with Crippen molar-refractivity contribution in [1.29, 1.82) is 0 Å². The predicted molar refractivity (Wildman–Crippen MR) is 144 cm³/mol. The second-order valence-electron chi connectivity index (χ2n) is 10.8. The zero-order chi connectivity index (χ0) is 26.2. The van der Waals surface area contributed by atoms with Crippen molar-refractivity contribution < 1.29 is 14.6 Å². The van der Waals surface area contributed by atoms with Gasteiger partial charge in [0, 0.05) is 24.1 Å². The highest BCUT2D eigenvalue weighted by atomic mass is 16.5. The highest BCUT2D eigenvalue weighted by Gasteiger charge is 2.73. The molecule has 1 aliphatic carbocycles. The Morgan fingerprint density at radius 2 is 1.82 bits per heavy atom. The number of methoxy groups -OCH3 is 1. The maximum absolute atomic E-state index is 14.3. The van der Waals surface area contributed by atoms with Crippen LogP contribution in [0.3, 0.4) is 0 Å². The Balaban J connectivity index is 1.65. The van der Waals surface area contributed by atoms with Gasteiger partial charge in [-0.05, 0) is 61.6 Å². The molecule has 7 rings (SSSR count). The molecule has 192 valence electrons. The summed E-state index contributed by atoms with van der Waals surface area (Å²) in [6, 6.07) is 21.6. The smallest absolute Gasteiger partial charge is 0.257 e. The average Bonchev–Trinajstić information content (AvgIpc) is 3.32. The van der Waals surface area contributed by atoms with Crippen LogP contribution in [0.1, 0.15) is 63.7 Å². The molecule has 3 heterocycles. The number of hydrogen-bond donors (Lipinski definition) is 1. The van der Waals surface area contributed by atoms with E-state index in [1.54, 1.807) is 7.11 Å². The maximum Gasteiger partial charge on any atom is 0.257 e. The standard InChI is InChI=1S/C32H30N2O4/c1-19-17-20(2)27-24(18-19)38-32(22-12-14-23(37-3)15-13-22)28(21-9-5-4-6-10-21)26-29(31(27,32)36)33-25-11-7-8-16-34(25)30(26)35/h4-6,9-10,12-15,17-18,28,36H,7-8,11,16H2,1-3H3/t28-,31+,32+/m1/s1. The summed E-state index contributed by atoms with van der Waals surface area (Å²) in [4.78, 5) is 19.4. The molecule has 3 aliphatic rings. The van der Waals surface area contributed by atoms with Crippen LogP contribution in [0.5, 0.6) is 11.5 Å². The maximum atomic E-state index is 14.3. The average molecular weight is 507 g/mol. The Labute approximate surface area is 221 Å². The molecule has 0 saturated carbocycles. The number of fused-ring (bicyclic) bond motifs is 6. The molecule has 0 spiro atoms. The summed E-state index contributed by atoms with van der Waals surface area (Å²) in [6.45, 7) is 4.66. The fraction of sp³-hybridized carbons (Fsp3) is 0.312. The quantitative estimate of drug-likeness (QED) is 0.429. The van der Waals surface area contributed by atoms with Crippen LogP contribution < -0.4 is 15.0 Å². The number of aryl methyl sites for hydroxylation is 3. The van der Waals surface area contributed by atoms with Gasteiger partial charge in [-0.1, -0.05) is 48.5 Å². The lowest BCUT2D eigenvalue weighted by Crippen LogP contribution is -2.49. The van der Waals surface area contributed by atoms with E-state index in [4.69, 9.17) is 14.5 Å². The minimum atomic E-state index is -1.67. The van der Waals surface area contributed by atoms with Gasteiger partial charge in [0.25, 0.3) is 5.56 Å². The summed E-state index contributed by atoms with van der Waals surface area (Å²) in [6.07, 6.45) is 2.63. The third-order valence-corrected chi connectivity index (χ3v) is 8.62. The number of nitrogens with zero attached hydrogens (tertiary/aromatic N) is 2. The highest BCUT2D eigenvalue weighted by molar-refractivity contribution is 5.66. The van der Waals surface area contributed by atoms with Crippen molar-refractivity contribution >= 4 is 0 Å². The second kappa shape index (κ2) is 8.05. The van der Waals surface area contributed by atoms with Gasteiger partial charge < -0.3 is 14.6 Å². The molecule has 0 saturated heterocycles. The van der Waals surface area contributed by atoms with Crippen molar-refractivity contribution in [3.8, 4) is 11.5 Å². The summed E-state index contributed by atoms with van der Waals surface area (Å²) in [5.41, 5.74) is 2.17. The lowest BCUT2D eigenvalue weighted by Gasteiger charge is -2.40. The Bertz CT molecular complexity index is 1640. The van der Waals surface area contributed by atoms with Crippen LogP contribution in [-0.4, -0.2) is 21.8 Å². The fourth-order valence-corrected chi connectivity index (χ4v) is 7.12. The lowest BCUT2D eigenvalue weighted by molar-refractivity contribution is -0.0907. The number of ether oxygens (including phenoxy) is 2. The van der Waals surface area contributed by atoms with Crippen LogP contribution in [0.25, 0.3) is 0 Å². The number of aromatic nitrogens is 2. The van der Waals surface area contributed by atoms with E-state index in [9.17, 15) is 9.90 Å². The van der Waals surface area contributed by atoms with Gasteiger partial charge in [0.2, 0.25) is 0 Å². The zero-order valence-electron chi connectivity index (χ0n) is 21.8. The number of benzene rings is 3. The number of rotatable bonds is 3. The summed E-state index contributed by atoms with van der Waals surface area (Å²) >= 11 is 0. The highest BCUT2D eigenvalue weighted by Crippen LogP contribution is 2.68. The van der Waals surface area contributed by atoms with Crippen LogP contribution in [0.4, 0.5) is 0 Å². The first-order valence-corrected chi connectivity index (χ1v) is 13.3. The second-order valence-corrected chi connectivity index (χ2v) is 10.8. The molecule has 3 atom stereocenters. The summed E-state index contributed by atoms with van der Waals surface area (Å²) in [5.74, 6) is 1.50. The van der Waals surface area contributed by atoms with Crippen LogP contribution in [0, 0.1) is 13.8 Å². The Kier molecular flexibility index (Phi) is 4.92. The van der Waals surface area contributed by atoms with Gasteiger partial charge in [0.05, 0.1) is 24.3 Å². The molecule has 38 heavy (non-hydrogen) atoms. The molecule has 0 unspecified atom stereocenters. The van der Waals surface area contributed by atoms with Crippen molar-refractivity contribution in [3.63, 3.8) is 0 Å². The SMILES string of the molecule is COc1ccc([C@@]23Oc4cc(C)cc(C)c4[C@]2(O)c2nc4n(c(=O)c2[C@H]3c2ccccc2)CCCC4)cc1. The van der Waals surface area contributed by atoms with E-state index in [2.05, 4.69) is 6.07 Å². The van der Waals surface area contributed by atoms with Gasteiger partial charge in [-0.2, -0.15) is 0 Å². The molecule has 0 radical (unpaired) electrons. The predicted octanol–water partition coefficient (Wildman–Crippen LogP) is 4.87. The molecule has 1 aromatic heterocycles. The first kappa shape index (κ1) is 23.2.